The molecule has 0 spiro atoms. The Bertz CT molecular complexity index is 1010. The fourth-order valence-corrected chi connectivity index (χ4v) is 8.20. The number of carbonyl (C=O) groups is 1. The fraction of sp³-hybridized carbons (Fsp3) is 0.690. The number of esters is 1. The normalized spacial score (nSPS) is 43.8. The molecular formula is C29H41NO4. The highest BCUT2D eigenvalue weighted by atomic mass is 16.5. The summed E-state index contributed by atoms with van der Waals surface area (Å²) in [5.41, 5.74) is 2.73. The number of aliphatic hydroxyl groups is 1. The van der Waals surface area contributed by atoms with E-state index in [0.717, 1.165) is 45.2 Å². The van der Waals surface area contributed by atoms with Crippen molar-refractivity contribution >= 4 is 5.97 Å². The van der Waals surface area contributed by atoms with Crippen LogP contribution in [-0.4, -0.2) is 42.0 Å². The van der Waals surface area contributed by atoms with Crippen LogP contribution in [0.5, 0.6) is 0 Å². The molecule has 5 nitrogen and oxygen atoms in total. The Morgan fingerprint density at radius 1 is 1.12 bits per heavy atom. The fourth-order valence-electron chi connectivity index (χ4n) is 8.20. The Labute approximate surface area is 204 Å². The summed E-state index contributed by atoms with van der Waals surface area (Å²) in [5, 5.41) is 15.1. The molecule has 34 heavy (non-hydrogen) atoms. The topological polar surface area (TPSA) is 67.8 Å². The molecule has 2 saturated carbocycles. The van der Waals surface area contributed by atoms with Gasteiger partial charge in [0.05, 0.1) is 23.4 Å². The van der Waals surface area contributed by atoms with Gasteiger partial charge in [0.2, 0.25) is 0 Å². The van der Waals surface area contributed by atoms with Crippen LogP contribution in [0, 0.1) is 29.1 Å². The molecular weight excluding hydrogens is 426 g/mol. The number of cyclic esters (lactones) is 1. The number of fused-ring (bicyclic) bond motifs is 3. The zero-order valence-corrected chi connectivity index (χ0v) is 21.4. The molecule has 7 atom stereocenters. The Kier molecular flexibility index (Phi) is 5.78. The lowest BCUT2D eigenvalue weighted by Gasteiger charge is -2.66. The molecule has 2 aliphatic carbocycles. The summed E-state index contributed by atoms with van der Waals surface area (Å²) in [4.78, 5) is 12.3. The number of carbonyl (C=O) groups excluding carboxylic acids is 1. The molecule has 186 valence electrons. The van der Waals surface area contributed by atoms with Crippen LogP contribution in [0.2, 0.25) is 0 Å². The lowest BCUT2D eigenvalue weighted by molar-refractivity contribution is -0.224. The molecule has 0 aromatic heterocycles. The van der Waals surface area contributed by atoms with Gasteiger partial charge in [-0.2, -0.15) is 0 Å². The molecule has 2 N–H and O–H groups in total. The van der Waals surface area contributed by atoms with Crippen LogP contribution < -0.4 is 5.32 Å². The summed E-state index contributed by atoms with van der Waals surface area (Å²) in [6.45, 7) is 13.5. The third-order valence-electron chi connectivity index (χ3n) is 10.8. The summed E-state index contributed by atoms with van der Waals surface area (Å²) >= 11 is 0. The van der Waals surface area contributed by atoms with Gasteiger partial charge in [0.15, 0.2) is 0 Å². The summed E-state index contributed by atoms with van der Waals surface area (Å²) in [5.74, 6) is 0.153. The maximum Gasteiger partial charge on any atom is 0.336 e. The van der Waals surface area contributed by atoms with Gasteiger partial charge < -0.3 is 19.9 Å². The van der Waals surface area contributed by atoms with E-state index in [1.807, 2.05) is 6.08 Å². The van der Waals surface area contributed by atoms with E-state index in [1.165, 1.54) is 11.1 Å². The number of ether oxygens (including phenoxy) is 2. The number of hydrogen-bond acceptors (Lipinski definition) is 5. The number of nitrogens with one attached hydrogen (secondary N) is 1. The first kappa shape index (κ1) is 24.0. The zero-order chi connectivity index (χ0) is 24.4. The number of aliphatic hydroxyl groups excluding tert-OH is 1. The van der Waals surface area contributed by atoms with Crippen molar-refractivity contribution in [2.24, 2.45) is 22.2 Å². The molecule has 0 radical (unpaired) electrons. The van der Waals surface area contributed by atoms with Crippen LogP contribution in [0.3, 0.4) is 0 Å². The SMILES string of the molecule is Cc1ccccc1CNC[C@@]1(C)C2CC[C@@]3(C)O[C@H](C4=CCOC4=O)C[C@@]3(C)[C@]2(C)CC[C@H]1O. The molecule has 1 unspecified atom stereocenters. The van der Waals surface area contributed by atoms with E-state index in [-0.39, 0.29) is 40.0 Å². The Morgan fingerprint density at radius 3 is 2.59 bits per heavy atom. The third-order valence-corrected chi connectivity index (χ3v) is 10.8. The van der Waals surface area contributed by atoms with E-state index in [2.05, 4.69) is 64.2 Å². The molecule has 3 fully saturated rings. The second-order valence-electron chi connectivity index (χ2n) is 12.2. The van der Waals surface area contributed by atoms with Crippen LogP contribution in [0.4, 0.5) is 0 Å². The molecule has 4 aliphatic rings. The number of aryl methyl sites for hydroxylation is 1. The van der Waals surface area contributed by atoms with Crippen molar-refractivity contribution < 1.29 is 19.4 Å². The minimum absolute atomic E-state index is 0.0101. The van der Waals surface area contributed by atoms with Crippen LogP contribution in [0.15, 0.2) is 35.9 Å². The van der Waals surface area contributed by atoms with Crippen LogP contribution in [0.1, 0.15) is 70.9 Å². The number of benzene rings is 1. The smallest absolute Gasteiger partial charge is 0.336 e. The average Bonchev–Trinajstić information content (AvgIpc) is 3.34. The van der Waals surface area contributed by atoms with Crippen molar-refractivity contribution in [3.05, 3.63) is 47.0 Å². The van der Waals surface area contributed by atoms with Crippen molar-refractivity contribution in [2.45, 2.75) is 91.1 Å². The van der Waals surface area contributed by atoms with Gasteiger partial charge in [0.1, 0.15) is 6.61 Å². The van der Waals surface area contributed by atoms with Crippen LogP contribution in [0.25, 0.3) is 0 Å². The first-order valence-electron chi connectivity index (χ1n) is 13.0. The van der Waals surface area contributed by atoms with Crippen molar-refractivity contribution in [3.63, 3.8) is 0 Å². The van der Waals surface area contributed by atoms with E-state index < -0.39 is 0 Å². The van der Waals surface area contributed by atoms with Crippen molar-refractivity contribution in [3.8, 4) is 0 Å². The number of rotatable bonds is 5. The van der Waals surface area contributed by atoms with Crippen molar-refractivity contribution in [1.82, 2.24) is 5.32 Å². The molecule has 2 aliphatic heterocycles. The summed E-state index contributed by atoms with van der Waals surface area (Å²) < 4.78 is 11.9. The first-order valence-corrected chi connectivity index (χ1v) is 13.0. The summed E-state index contributed by atoms with van der Waals surface area (Å²) in [6.07, 6.45) is 5.98. The molecule has 5 rings (SSSR count). The second-order valence-corrected chi connectivity index (χ2v) is 12.2. The maximum absolute atomic E-state index is 12.3. The molecule has 1 aromatic rings. The Morgan fingerprint density at radius 2 is 1.88 bits per heavy atom. The summed E-state index contributed by atoms with van der Waals surface area (Å²) in [7, 11) is 0. The molecule has 1 saturated heterocycles. The van der Waals surface area contributed by atoms with E-state index in [1.54, 1.807) is 0 Å². The monoisotopic (exact) mass is 467 g/mol. The predicted octanol–water partition coefficient (Wildman–Crippen LogP) is 4.70. The van der Waals surface area contributed by atoms with Gasteiger partial charge >= 0.3 is 5.97 Å². The highest BCUT2D eigenvalue weighted by Crippen LogP contribution is 2.71. The van der Waals surface area contributed by atoms with E-state index >= 15 is 0 Å². The lowest BCUT2D eigenvalue weighted by atomic mass is 9.39. The molecule has 2 heterocycles. The molecule has 0 amide bonds. The molecule has 1 aromatic carbocycles. The van der Waals surface area contributed by atoms with Crippen molar-refractivity contribution in [1.29, 1.82) is 0 Å². The molecule has 0 bridgehead atoms. The van der Waals surface area contributed by atoms with Gasteiger partial charge in [-0.25, -0.2) is 4.79 Å². The molecule has 5 heteroatoms. The van der Waals surface area contributed by atoms with E-state index in [4.69, 9.17) is 9.47 Å². The average molecular weight is 468 g/mol. The minimum Gasteiger partial charge on any atom is -0.458 e. The van der Waals surface area contributed by atoms with Gasteiger partial charge in [-0.05, 0) is 74.5 Å². The second kappa shape index (κ2) is 8.18. The van der Waals surface area contributed by atoms with Gasteiger partial charge in [-0.15, -0.1) is 0 Å². The van der Waals surface area contributed by atoms with Gasteiger partial charge in [0.25, 0.3) is 0 Å². The van der Waals surface area contributed by atoms with Gasteiger partial charge in [-0.3, -0.25) is 0 Å². The van der Waals surface area contributed by atoms with Gasteiger partial charge in [-0.1, -0.05) is 45.0 Å². The zero-order valence-electron chi connectivity index (χ0n) is 21.4. The Balaban J connectivity index is 1.41. The number of hydrogen-bond donors (Lipinski definition) is 2. The van der Waals surface area contributed by atoms with Crippen LogP contribution >= 0.6 is 0 Å². The van der Waals surface area contributed by atoms with Crippen molar-refractivity contribution in [2.75, 3.05) is 13.2 Å². The summed E-state index contributed by atoms with van der Waals surface area (Å²) in [6, 6.07) is 8.50. The highest BCUT2D eigenvalue weighted by Gasteiger charge is 2.70. The minimum atomic E-state index is -0.325. The first-order chi connectivity index (χ1) is 16.0. The standard InChI is InChI=1S/C29H41NO4/c1-19-8-6-7-9-20(19)17-30-18-26(2)23-10-14-29(5)28(4,27(23,3)13-11-24(26)31)16-22(34-29)21-12-15-33-25(21)32/h6-9,12,22-24,30-31H,10-11,13-18H2,1-5H3/t22-,23?,24+,26-,27+,28-,29+/m0/s1. The van der Waals surface area contributed by atoms with E-state index in [9.17, 15) is 9.90 Å². The van der Waals surface area contributed by atoms with Gasteiger partial charge in [0, 0.05) is 23.9 Å². The highest BCUT2D eigenvalue weighted by molar-refractivity contribution is 5.91. The predicted molar refractivity (Wildman–Crippen MR) is 132 cm³/mol. The van der Waals surface area contributed by atoms with Crippen LogP contribution in [-0.2, 0) is 20.8 Å². The van der Waals surface area contributed by atoms with E-state index in [0.29, 0.717) is 18.1 Å². The Hall–Kier alpha value is -1.69. The largest absolute Gasteiger partial charge is 0.458 e. The quantitative estimate of drug-likeness (QED) is 0.615. The maximum atomic E-state index is 12.3. The third kappa shape index (κ3) is 3.34. The lowest BCUT2D eigenvalue weighted by Crippen LogP contribution is -2.66.